The molecule has 15 heavy (non-hydrogen) atoms. The third kappa shape index (κ3) is 15.5. The number of halogens is 1. The summed E-state index contributed by atoms with van der Waals surface area (Å²) in [7, 11) is 4.65. The van der Waals surface area contributed by atoms with Crippen molar-refractivity contribution in [3.63, 3.8) is 0 Å². The summed E-state index contributed by atoms with van der Waals surface area (Å²) in [5.41, 5.74) is 0. The van der Waals surface area contributed by atoms with Gasteiger partial charge in [-0.25, -0.2) is 0 Å². The van der Waals surface area contributed by atoms with Crippen LogP contribution in [0.2, 0.25) is 0 Å². The molecule has 0 unspecified atom stereocenters. The average Bonchev–Trinajstić information content (AvgIpc) is 2.31. The quantitative estimate of drug-likeness (QED) is 0.341. The van der Waals surface area contributed by atoms with Gasteiger partial charge >= 0.3 is 29.2 Å². The Morgan fingerprint density at radius 3 is 1.20 bits per heavy atom. The topological polar surface area (TPSA) is 0 Å². The first-order valence-corrected chi connectivity index (χ1v) is 11.1. The molecule has 0 aromatic heterocycles. The second-order valence-electron chi connectivity index (χ2n) is 4.06. The Balaban J connectivity index is 0. The SMILES string of the molecule is CCCC[PH+](CCCC)CCCC.[Cl][Au]. The molecule has 0 aliphatic heterocycles. The molecule has 0 spiro atoms. The van der Waals surface area contributed by atoms with Crippen LogP contribution in [0.1, 0.15) is 59.3 Å². The summed E-state index contributed by atoms with van der Waals surface area (Å²) >= 11 is 1.75. The maximum atomic E-state index is 4.58. The predicted octanol–water partition coefficient (Wildman–Crippen LogP) is 5.29. The first-order valence-electron chi connectivity index (χ1n) is 6.30. The van der Waals surface area contributed by atoms with Crippen LogP contribution >= 0.6 is 17.1 Å². The van der Waals surface area contributed by atoms with Crippen molar-refractivity contribution < 1.29 is 20.0 Å². The molecule has 0 nitrogen and oxygen atoms in total. The van der Waals surface area contributed by atoms with Crippen LogP contribution in [0.15, 0.2) is 0 Å². The first-order chi connectivity index (χ1) is 7.35. The van der Waals surface area contributed by atoms with E-state index >= 15 is 0 Å². The molecule has 0 heterocycles. The van der Waals surface area contributed by atoms with Crippen molar-refractivity contribution >= 4 is 17.1 Å². The zero-order valence-corrected chi connectivity index (χ0v) is 14.5. The average molecular weight is 436 g/mol. The number of hydrogen-bond acceptors (Lipinski definition) is 0. The van der Waals surface area contributed by atoms with Crippen LogP contribution in [0, 0.1) is 0 Å². The van der Waals surface area contributed by atoms with E-state index in [1.807, 2.05) is 0 Å². The first kappa shape index (κ1) is 18.8. The summed E-state index contributed by atoms with van der Waals surface area (Å²) in [6, 6.07) is 0. The molecular formula is C12H28AuClP+. The molecule has 0 bridgehead atoms. The van der Waals surface area contributed by atoms with E-state index in [9.17, 15) is 0 Å². The molecule has 3 heteroatoms. The Hall–Kier alpha value is 1.46. The molecule has 0 amide bonds. The molecular weight excluding hydrogens is 408 g/mol. The Kier molecular flexibility index (Phi) is 22.4. The zero-order valence-electron chi connectivity index (χ0n) is 10.5. The van der Waals surface area contributed by atoms with E-state index in [1.54, 1.807) is 38.5 Å². The monoisotopic (exact) mass is 435 g/mol. The van der Waals surface area contributed by atoms with Gasteiger partial charge in [0.2, 0.25) is 0 Å². The molecule has 0 radical (unpaired) electrons. The Bertz CT molecular complexity index is 82.6. The number of hydrogen-bond donors (Lipinski definition) is 0. The van der Waals surface area contributed by atoms with Gasteiger partial charge in [-0.15, -0.1) is 0 Å². The fourth-order valence-electron chi connectivity index (χ4n) is 1.66. The van der Waals surface area contributed by atoms with Crippen molar-refractivity contribution in [3.05, 3.63) is 0 Å². The molecule has 0 N–H and O–H groups in total. The number of unbranched alkanes of at least 4 members (excludes halogenated alkanes) is 3. The van der Waals surface area contributed by atoms with E-state index < -0.39 is 0 Å². The van der Waals surface area contributed by atoms with Gasteiger partial charge in [-0.1, -0.05) is 40.0 Å². The molecule has 0 fully saturated rings. The molecule has 0 saturated carbocycles. The van der Waals surface area contributed by atoms with Crippen molar-refractivity contribution in [2.75, 3.05) is 18.5 Å². The zero-order chi connectivity index (χ0) is 11.9. The van der Waals surface area contributed by atoms with Gasteiger partial charge < -0.3 is 0 Å². The van der Waals surface area contributed by atoms with Crippen LogP contribution in [-0.4, -0.2) is 18.5 Å². The molecule has 0 atom stereocenters. The second kappa shape index (κ2) is 17.8. The van der Waals surface area contributed by atoms with Gasteiger partial charge in [-0.3, -0.25) is 0 Å². The van der Waals surface area contributed by atoms with Crippen molar-refractivity contribution in [2.24, 2.45) is 0 Å². The maximum absolute atomic E-state index is 4.58. The van der Waals surface area contributed by atoms with E-state index in [4.69, 9.17) is 0 Å². The molecule has 0 aromatic carbocycles. The second-order valence-corrected chi connectivity index (χ2v) is 7.06. The summed E-state index contributed by atoms with van der Waals surface area (Å²) in [6.07, 6.45) is 13.4. The van der Waals surface area contributed by atoms with Crippen LogP contribution in [-0.2, 0) is 20.0 Å². The predicted molar refractivity (Wildman–Crippen MR) is 73.5 cm³/mol. The summed E-state index contributed by atoms with van der Waals surface area (Å²) in [6.45, 7) is 6.96. The van der Waals surface area contributed by atoms with Gasteiger partial charge in [0.05, 0.1) is 18.5 Å². The van der Waals surface area contributed by atoms with E-state index in [2.05, 4.69) is 30.0 Å². The molecule has 0 aromatic rings. The number of rotatable bonds is 9. The van der Waals surface area contributed by atoms with E-state index in [-0.39, 0.29) is 7.92 Å². The Labute approximate surface area is 114 Å². The van der Waals surface area contributed by atoms with Crippen molar-refractivity contribution in [1.29, 1.82) is 0 Å². The van der Waals surface area contributed by atoms with Crippen LogP contribution in [0.4, 0.5) is 0 Å². The van der Waals surface area contributed by atoms with Crippen LogP contribution in [0.3, 0.4) is 0 Å². The molecule has 0 rings (SSSR count). The van der Waals surface area contributed by atoms with Crippen molar-refractivity contribution in [1.82, 2.24) is 0 Å². The standard InChI is InChI=1S/C12H27P.Au.ClH/c1-4-7-10-13(11-8-5-2)12-9-6-3;;/h4-12H2,1-3H3;;1H/q;+1;. The summed E-state index contributed by atoms with van der Waals surface area (Å²) in [4.78, 5) is 0. The van der Waals surface area contributed by atoms with Crippen LogP contribution in [0.25, 0.3) is 0 Å². The van der Waals surface area contributed by atoms with Gasteiger partial charge in [0, 0.05) is 7.92 Å². The summed E-state index contributed by atoms with van der Waals surface area (Å²) < 4.78 is 0. The minimum absolute atomic E-state index is 0.0675. The van der Waals surface area contributed by atoms with Gasteiger partial charge in [0.1, 0.15) is 0 Å². The Morgan fingerprint density at radius 1 is 0.733 bits per heavy atom. The van der Waals surface area contributed by atoms with Gasteiger partial charge in [-0.05, 0) is 19.3 Å². The summed E-state index contributed by atoms with van der Waals surface area (Å²) in [5.74, 6) is 0. The van der Waals surface area contributed by atoms with Gasteiger partial charge in [0.25, 0.3) is 0 Å². The van der Waals surface area contributed by atoms with Crippen LogP contribution in [0.5, 0.6) is 0 Å². The fraction of sp³-hybridized carbons (Fsp3) is 1.00. The van der Waals surface area contributed by atoms with Crippen molar-refractivity contribution in [3.8, 4) is 0 Å². The minimum atomic E-state index is 0.0675. The fourth-order valence-corrected chi connectivity index (χ4v) is 4.97. The summed E-state index contributed by atoms with van der Waals surface area (Å²) in [5, 5.41) is 0. The van der Waals surface area contributed by atoms with E-state index in [0.717, 1.165) is 0 Å². The third-order valence-electron chi connectivity index (χ3n) is 2.65. The van der Waals surface area contributed by atoms with Crippen molar-refractivity contribution in [2.45, 2.75) is 59.3 Å². The third-order valence-corrected chi connectivity index (χ3v) is 5.83. The Morgan fingerprint density at radius 2 is 1.00 bits per heavy atom. The molecule has 0 aliphatic carbocycles. The van der Waals surface area contributed by atoms with Crippen LogP contribution < -0.4 is 0 Å². The van der Waals surface area contributed by atoms with Gasteiger partial charge in [0.15, 0.2) is 0 Å². The molecule has 0 aliphatic rings. The normalized spacial score (nSPS) is 10.1. The molecule has 98 valence electrons. The van der Waals surface area contributed by atoms with E-state index in [0.29, 0.717) is 0 Å². The molecule has 0 saturated heterocycles. The van der Waals surface area contributed by atoms with Gasteiger partial charge in [-0.2, -0.15) is 0 Å². The van der Waals surface area contributed by atoms with E-state index in [1.165, 1.54) is 38.5 Å².